The lowest BCUT2D eigenvalue weighted by Gasteiger charge is -2.12. The Hall–Kier alpha value is -0.530. The van der Waals surface area contributed by atoms with E-state index in [1.54, 1.807) is 0 Å². The van der Waals surface area contributed by atoms with E-state index in [2.05, 4.69) is 24.4 Å². The average Bonchev–Trinajstić information content (AvgIpc) is 3.01. The Balaban J connectivity index is 1.70. The normalized spacial score (nSPS) is 17.4. The van der Waals surface area contributed by atoms with E-state index in [-0.39, 0.29) is 0 Å². The Morgan fingerprint density at radius 2 is 2.25 bits per heavy atom. The van der Waals surface area contributed by atoms with Gasteiger partial charge in [-0.15, -0.1) is 0 Å². The summed E-state index contributed by atoms with van der Waals surface area (Å²) in [6.45, 7) is 3.47. The summed E-state index contributed by atoms with van der Waals surface area (Å²) < 4.78 is 0. The molecule has 2 rings (SSSR count). The number of rotatable bonds is 6. The standard InChI is InChI=1S/C14H20ClN/c1-11(7-8-16-14-5-6-14)9-12-3-2-4-13(15)10-12/h2-4,10-11,14,16H,5-9H2,1H3. The van der Waals surface area contributed by atoms with Gasteiger partial charge in [-0.1, -0.05) is 30.7 Å². The molecule has 16 heavy (non-hydrogen) atoms. The van der Waals surface area contributed by atoms with Crippen LogP contribution in [0, 0.1) is 5.92 Å². The van der Waals surface area contributed by atoms with E-state index in [1.807, 2.05) is 12.1 Å². The van der Waals surface area contributed by atoms with Gasteiger partial charge in [0.25, 0.3) is 0 Å². The molecule has 2 heteroatoms. The van der Waals surface area contributed by atoms with E-state index >= 15 is 0 Å². The second-order valence-electron chi connectivity index (χ2n) is 4.96. The Bertz CT molecular complexity index is 333. The topological polar surface area (TPSA) is 12.0 Å². The van der Waals surface area contributed by atoms with Crippen LogP contribution in [-0.4, -0.2) is 12.6 Å². The maximum Gasteiger partial charge on any atom is 0.0408 e. The van der Waals surface area contributed by atoms with Gasteiger partial charge in [-0.25, -0.2) is 0 Å². The Labute approximate surface area is 103 Å². The van der Waals surface area contributed by atoms with Gasteiger partial charge in [0, 0.05) is 11.1 Å². The second kappa shape index (κ2) is 5.70. The lowest BCUT2D eigenvalue weighted by Crippen LogP contribution is -2.20. The molecular weight excluding hydrogens is 218 g/mol. The third-order valence-corrected chi connectivity index (χ3v) is 3.36. The second-order valence-corrected chi connectivity index (χ2v) is 5.39. The summed E-state index contributed by atoms with van der Waals surface area (Å²) in [5.41, 5.74) is 1.35. The third kappa shape index (κ3) is 4.15. The zero-order valence-electron chi connectivity index (χ0n) is 9.88. The predicted molar refractivity (Wildman–Crippen MR) is 70.0 cm³/mol. The number of halogens is 1. The molecule has 88 valence electrons. The molecule has 0 aliphatic heterocycles. The molecule has 1 aliphatic carbocycles. The molecule has 1 N–H and O–H groups in total. The van der Waals surface area contributed by atoms with Crippen LogP contribution in [0.15, 0.2) is 24.3 Å². The van der Waals surface area contributed by atoms with Crippen molar-refractivity contribution in [2.24, 2.45) is 5.92 Å². The van der Waals surface area contributed by atoms with E-state index in [4.69, 9.17) is 11.6 Å². The van der Waals surface area contributed by atoms with Crippen LogP contribution in [-0.2, 0) is 6.42 Å². The van der Waals surface area contributed by atoms with Crippen LogP contribution in [0.25, 0.3) is 0 Å². The first-order valence-electron chi connectivity index (χ1n) is 6.22. The van der Waals surface area contributed by atoms with Gasteiger partial charge in [-0.3, -0.25) is 0 Å². The van der Waals surface area contributed by atoms with E-state index in [0.29, 0.717) is 0 Å². The third-order valence-electron chi connectivity index (χ3n) is 3.12. The van der Waals surface area contributed by atoms with Crippen molar-refractivity contribution < 1.29 is 0 Å². The molecule has 1 nitrogen and oxygen atoms in total. The van der Waals surface area contributed by atoms with Crippen LogP contribution in [0.3, 0.4) is 0 Å². The Morgan fingerprint density at radius 1 is 1.44 bits per heavy atom. The van der Waals surface area contributed by atoms with Crippen molar-refractivity contribution in [3.63, 3.8) is 0 Å². The lowest BCUT2D eigenvalue weighted by molar-refractivity contribution is 0.497. The van der Waals surface area contributed by atoms with E-state index in [1.165, 1.54) is 24.8 Å². The quantitative estimate of drug-likeness (QED) is 0.796. The fourth-order valence-electron chi connectivity index (χ4n) is 1.99. The molecular formula is C14H20ClN. The van der Waals surface area contributed by atoms with Crippen LogP contribution >= 0.6 is 11.6 Å². The number of benzene rings is 1. The molecule has 0 radical (unpaired) electrons. The van der Waals surface area contributed by atoms with E-state index < -0.39 is 0 Å². The molecule has 0 bridgehead atoms. The van der Waals surface area contributed by atoms with Gasteiger partial charge in [-0.2, -0.15) is 0 Å². The smallest absolute Gasteiger partial charge is 0.0408 e. The van der Waals surface area contributed by atoms with Crippen molar-refractivity contribution in [1.82, 2.24) is 5.32 Å². The summed E-state index contributed by atoms with van der Waals surface area (Å²) >= 11 is 5.97. The van der Waals surface area contributed by atoms with Gasteiger partial charge in [0.15, 0.2) is 0 Å². The van der Waals surface area contributed by atoms with Crippen molar-refractivity contribution in [2.45, 2.75) is 38.6 Å². The molecule has 1 atom stereocenters. The highest BCUT2D eigenvalue weighted by atomic mass is 35.5. The van der Waals surface area contributed by atoms with Crippen molar-refractivity contribution in [1.29, 1.82) is 0 Å². The molecule has 1 saturated carbocycles. The molecule has 0 saturated heterocycles. The summed E-state index contributed by atoms with van der Waals surface area (Å²) in [6.07, 6.45) is 5.14. The Morgan fingerprint density at radius 3 is 2.94 bits per heavy atom. The largest absolute Gasteiger partial charge is 0.314 e. The first kappa shape index (κ1) is 11.9. The Kier molecular flexibility index (Phi) is 4.25. The van der Waals surface area contributed by atoms with Crippen LogP contribution in [0.4, 0.5) is 0 Å². The minimum Gasteiger partial charge on any atom is -0.314 e. The molecule has 1 fully saturated rings. The minimum atomic E-state index is 0.727. The summed E-state index contributed by atoms with van der Waals surface area (Å²) in [6, 6.07) is 9.04. The zero-order chi connectivity index (χ0) is 11.4. The van der Waals surface area contributed by atoms with Gasteiger partial charge in [0.1, 0.15) is 0 Å². The fraction of sp³-hybridized carbons (Fsp3) is 0.571. The molecule has 1 unspecified atom stereocenters. The van der Waals surface area contributed by atoms with Crippen molar-refractivity contribution in [2.75, 3.05) is 6.54 Å². The highest BCUT2D eigenvalue weighted by Gasteiger charge is 2.19. The number of hydrogen-bond acceptors (Lipinski definition) is 1. The minimum absolute atomic E-state index is 0.727. The number of hydrogen-bond donors (Lipinski definition) is 1. The molecule has 0 spiro atoms. The first-order chi connectivity index (χ1) is 7.74. The summed E-state index contributed by atoms with van der Waals surface area (Å²) in [4.78, 5) is 0. The van der Waals surface area contributed by atoms with E-state index in [0.717, 1.165) is 29.9 Å². The molecule has 0 heterocycles. The maximum absolute atomic E-state index is 5.97. The van der Waals surface area contributed by atoms with Gasteiger partial charge < -0.3 is 5.32 Å². The van der Waals surface area contributed by atoms with Gasteiger partial charge >= 0.3 is 0 Å². The highest BCUT2D eigenvalue weighted by molar-refractivity contribution is 6.30. The summed E-state index contributed by atoms with van der Waals surface area (Å²) in [5.74, 6) is 0.727. The fourth-order valence-corrected chi connectivity index (χ4v) is 2.20. The lowest BCUT2D eigenvalue weighted by atomic mass is 9.98. The van der Waals surface area contributed by atoms with Crippen molar-refractivity contribution in [3.05, 3.63) is 34.9 Å². The van der Waals surface area contributed by atoms with E-state index in [9.17, 15) is 0 Å². The zero-order valence-corrected chi connectivity index (χ0v) is 10.6. The SMILES string of the molecule is CC(CCNC1CC1)Cc1cccc(Cl)c1. The molecule has 1 aromatic carbocycles. The first-order valence-corrected chi connectivity index (χ1v) is 6.59. The van der Waals surface area contributed by atoms with Crippen molar-refractivity contribution in [3.8, 4) is 0 Å². The predicted octanol–water partition coefficient (Wildman–Crippen LogP) is 3.66. The van der Waals surface area contributed by atoms with Gasteiger partial charge in [-0.05, 0) is 55.8 Å². The van der Waals surface area contributed by atoms with Crippen LogP contribution in [0.1, 0.15) is 31.7 Å². The van der Waals surface area contributed by atoms with Gasteiger partial charge in [0.05, 0.1) is 0 Å². The van der Waals surface area contributed by atoms with Crippen LogP contribution in [0.2, 0.25) is 5.02 Å². The maximum atomic E-state index is 5.97. The number of nitrogens with one attached hydrogen (secondary N) is 1. The monoisotopic (exact) mass is 237 g/mol. The summed E-state index contributed by atoms with van der Waals surface area (Å²) in [5, 5.41) is 4.41. The average molecular weight is 238 g/mol. The van der Waals surface area contributed by atoms with Crippen molar-refractivity contribution >= 4 is 11.6 Å². The van der Waals surface area contributed by atoms with Crippen LogP contribution in [0.5, 0.6) is 0 Å². The summed E-state index contributed by atoms with van der Waals surface area (Å²) in [7, 11) is 0. The highest BCUT2D eigenvalue weighted by Crippen LogP contribution is 2.19. The molecule has 0 aromatic heterocycles. The molecule has 1 aliphatic rings. The molecule has 1 aromatic rings. The van der Waals surface area contributed by atoms with Crippen LogP contribution < -0.4 is 5.32 Å². The van der Waals surface area contributed by atoms with Gasteiger partial charge in [0.2, 0.25) is 0 Å². The molecule has 0 amide bonds.